The quantitative estimate of drug-likeness (QED) is 0.529. The van der Waals surface area contributed by atoms with Crippen molar-refractivity contribution in [3.63, 3.8) is 0 Å². The maximum absolute atomic E-state index is 10.5. The van der Waals surface area contributed by atoms with E-state index in [1.807, 2.05) is 0 Å². The van der Waals surface area contributed by atoms with Crippen LogP contribution in [0.15, 0.2) is 0 Å². The molecule has 0 saturated carbocycles. The number of hydrogen-bond acceptors (Lipinski definition) is 5. The molecule has 1 saturated heterocycles. The van der Waals surface area contributed by atoms with Crippen LogP contribution < -0.4 is 0 Å². The fourth-order valence-corrected chi connectivity index (χ4v) is 1.19. The van der Waals surface area contributed by atoms with E-state index in [-0.39, 0.29) is 13.0 Å². The maximum Gasteiger partial charge on any atom is 0.302 e. The molecule has 2 N–H and O–H groups in total. The van der Waals surface area contributed by atoms with E-state index in [1.165, 1.54) is 6.92 Å². The van der Waals surface area contributed by atoms with E-state index in [1.54, 1.807) is 0 Å². The number of esters is 1. The molecule has 0 radical (unpaired) electrons. The van der Waals surface area contributed by atoms with Gasteiger partial charge in [-0.15, -0.1) is 0 Å². The van der Waals surface area contributed by atoms with Gasteiger partial charge < -0.3 is 19.7 Å². The first-order valence-corrected chi connectivity index (χ1v) is 3.75. The molecule has 12 heavy (non-hydrogen) atoms. The Hall–Kier alpha value is -0.650. The summed E-state index contributed by atoms with van der Waals surface area (Å²) in [7, 11) is 0. The number of carbonyl (C=O) groups is 1. The Bertz CT molecular complexity index is 169. The van der Waals surface area contributed by atoms with E-state index in [4.69, 9.17) is 19.7 Å². The molecule has 0 spiro atoms. The molecule has 0 amide bonds. The minimum Gasteiger partial charge on any atom is -0.459 e. The smallest absolute Gasteiger partial charge is 0.302 e. The summed E-state index contributed by atoms with van der Waals surface area (Å²) in [6.45, 7) is 1.02. The topological polar surface area (TPSA) is 76.0 Å². The van der Waals surface area contributed by atoms with Gasteiger partial charge in [-0.2, -0.15) is 0 Å². The molecule has 70 valence electrons. The second-order valence-corrected chi connectivity index (χ2v) is 2.70. The average Bonchev–Trinajstić information content (AvgIpc) is 2.29. The second kappa shape index (κ2) is 3.84. The van der Waals surface area contributed by atoms with Gasteiger partial charge in [0.05, 0.1) is 6.61 Å². The van der Waals surface area contributed by atoms with Gasteiger partial charge in [-0.3, -0.25) is 4.79 Å². The maximum atomic E-state index is 10.5. The van der Waals surface area contributed by atoms with Crippen molar-refractivity contribution in [3.05, 3.63) is 0 Å². The lowest BCUT2D eigenvalue weighted by Gasteiger charge is -2.14. The summed E-state index contributed by atoms with van der Waals surface area (Å²) in [6.07, 6.45) is -1.83. The molecule has 5 heteroatoms. The summed E-state index contributed by atoms with van der Waals surface area (Å²) in [5, 5.41) is 17.7. The number of hydrogen-bond donors (Lipinski definition) is 2. The Morgan fingerprint density at radius 1 is 1.75 bits per heavy atom. The SMILES string of the molecule is CC(=O)OC1CC(O)OC1CO. The van der Waals surface area contributed by atoms with Crippen molar-refractivity contribution in [3.8, 4) is 0 Å². The summed E-state index contributed by atoms with van der Waals surface area (Å²) in [6, 6.07) is 0. The summed E-state index contributed by atoms with van der Waals surface area (Å²) >= 11 is 0. The highest BCUT2D eigenvalue weighted by Crippen LogP contribution is 2.21. The van der Waals surface area contributed by atoms with Crippen molar-refractivity contribution < 1.29 is 24.5 Å². The number of aliphatic hydroxyl groups excluding tert-OH is 2. The Morgan fingerprint density at radius 2 is 2.42 bits per heavy atom. The molecule has 1 aliphatic heterocycles. The predicted octanol–water partition coefficient (Wildman–Crippen LogP) is -0.982. The van der Waals surface area contributed by atoms with E-state index < -0.39 is 24.5 Å². The average molecular weight is 176 g/mol. The fraction of sp³-hybridized carbons (Fsp3) is 0.857. The second-order valence-electron chi connectivity index (χ2n) is 2.70. The van der Waals surface area contributed by atoms with Crippen LogP contribution in [0.1, 0.15) is 13.3 Å². The summed E-state index contributed by atoms with van der Waals surface area (Å²) in [5.41, 5.74) is 0. The number of aliphatic hydroxyl groups is 2. The van der Waals surface area contributed by atoms with Crippen LogP contribution >= 0.6 is 0 Å². The molecule has 0 aromatic carbocycles. The third-order valence-electron chi connectivity index (χ3n) is 1.68. The van der Waals surface area contributed by atoms with E-state index in [0.29, 0.717) is 0 Å². The first-order valence-electron chi connectivity index (χ1n) is 3.75. The molecule has 5 nitrogen and oxygen atoms in total. The molecule has 1 rings (SSSR count). The van der Waals surface area contributed by atoms with Crippen LogP contribution in [-0.2, 0) is 14.3 Å². The van der Waals surface area contributed by atoms with E-state index in [9.17, 15) is 4.79 Å². The van der Waals surface area contributed by atoms with Crippen molar-refractivity contribution in [1.29, 1.82) is 0 Å². The highest BCUT2D eigenvalue weighted by molar-refractivity contribution is 5.66. The van der Waals surface area contributed by atoms with Gasteiger partial charge in [0.1, 0.15) is 12.2 Å². The van der Waals surface area contributed by atoms with Gasteiger partial charge >= 0.3 is 5.97 Å². The molecule has 1 aliphatic rings. The summed E-state index contributed by atoms with van der Waals surface area (Å²) < 4.78 is 9.65. The molecule has 0 aromatic heterocycles. The van der Waals surface area contributed by atoms with Crippen molar-refractivity contribution in [2.75, 3.05) is 6.61 Å². The first kappa shape index (κ1) is 9.44. The number of rotatable bonds is 2. The lowest BCUT2D eigenvalue weighted by molar-refractivity contribution is -0.151. The number of carbonyl (C=O) groups excluding carboxylic acids is 1. The first-order chi connectivity index (χ1) is 5.63. The van der Waals surface area contributed by atoms with Crippen LogP contribution in [0.4, 0.5) is 0 Å². The molecule has 0 aromatic rings. The Labute approximate surface area is 69.9 Å². The molecule has 0 aliphatic carbocycles. The zero-order chi connectivity index (χ0) is 9.14. The van der Waals surface area contributed by atoms with Crippen LogP contribution in [0.3, 0.4) is 0 Å². The third kappa shape index (κ3) is 2.17. The van der Waals surface area contributed by atoms with Crippen LogP contribution in [0.2, 0.25) is 0 Å². The zero-order valence-corrected chi connectivity index (χ0v) is 6.77. The fourth-order valence-electron chi connectivity index (χ4n) is 1.19. The van der Waals surface area contributed by atoms with Gasteiger partial charge in [-0.1, -0.05) is 0 Å². The standard InChI is InChI=1S/C7H12O5/c1-4(9)11-5-2-7(10)12-6(5)3-8/h5-8,10H,2-3H2,1H3. The van der Waals surface area contributed by atoms with Crippen LogP contribution in [0, 0.1) is 0 Å². The molecular weight excluding hydrogens is 164 g/mol. The number of ether oxygens (including phenoxy) is 2. The minimum absolute atomic E-state index is 0.227. The van der Waals surface area contributed by atoms with Crippen molar-refractivity contribution in [1.82, 2.24) is 0 Å². The zero-order valence-electron chi connectivity index (χ0n) is 6.77. The van der Waals surface area contributed by atoms with Gasteiger partial charge in [0, 0.05) is 13.3 Å². The van der Waals surface area contributed by atoms with Crippen LogP contribution in [0.5, 0.6) is 0 Å². The normalized spacial score (nSPS) is 35.1. The predicted molar refractivity (Wildman–Crippen MR) is 38.1 cm³/mol. The summed E-state index contributed by atoms with van der Waals surface area (Å²) in [4.78, 5) is 10.5. The lowest BCUT2D eigenvalue weighted by Crippen LogP contribution is -2.29. The van der Waals surface area contributed by atoms with Gasteiger partial charge in [-0.05, 0) is 0 Å². The van der Waals surface area contributed by atoms with Crippen molar-refractivity contribution in [2.24, 2.45) is 0 Å². The highest BCUT2D eigenvalue weighted by Gasteiger charge is 2.35. The van der Waals surface area contributed by atoms with E-state index >= 15 is 0 Å². The monoisotopic (exact) mass is 176 g/mol. The Balaban J connectivity index is 2.46. The Kier molecular flexibility index (Phi) is 3.02. The van der Waals surface area contributed by atoms with Crippen LogP contribution in [-0.4, -0.2) is 41.3 Å². The lowest BCUT2D eigenvalue weighted by atomic mass is 10.2. The molecule has 1 heterocycles. The highest BCUT2D eigenvalue weighted by atomic mass is 16.6. The van der Waals surface area contributed by atoms with Crippen molar-refractivity contribution >= 4 is 5.97 Å². The van der Waals surface area contributed by atoms with E-state index in [0.717, 1.165) is 0 Å². The Morgan fingerprint density at radius 3 is 2.92 bits per heavy atom. The molecule has 3 unspecified atom stereocenters. The van der Waals surface area contributed by atoms with Gasteiger partial charge in [0.2, 0.25) is 0 Å². The van der Waals surface area contributed by atoms with Gasteiger partial charge in [-0.25, -0.2) is 0 Å². The molecule has 0 bridgehead atoms. The minimum atomic E-state index is -0.938. The van der Waals surface area contributed by atoms with Crippen molar-refractivity contribution in [2.45, 2.75) is 31.8 Å². The van der Waals surface area contributed by atoms with Gasteiger partial charge in [0.25, 0.3) is 0 Å². The third-order valence-corrected chi connectivity index (χ3v) is 1.68. The van der Waals surface area contributed by atoms with E-state index in [2.05, 4.69) is 0 Å². The molecule has 1 fully saturated rings. The molecule has 3 atom stereocenters. The summed E-state index contributed by atoms with van der Waals surface area (Å²) in [5.74, 6) is -0.434. The largest absolute Gasteiger partial charge is 0.459 e. The molecular formula is C7H12O5. The van der Waals surface area contributed by atoms with Gasteiger partial charge in [0.15, 0.2) is 6.29 Å². The van der Waals surface area contributed by atoms with Crippen LogP contribution in [0.25, 0.3) is 0 Å².